The van der Waals surface area contributed by atoms with Gasteiger partial charge < -0.3 is 5.32 Å². The van der Waals surface area contributed by atoms with Gasteiger partial charge in [-0.25, -0.2) is 0 Å². The second-order valence-corrected chi connectivity index (χ2v) is 5.77. The number of fused-ring (bicyclic) bond motifs is 1. The van der Waals surface area contributed by atoms with E-state index in [0.29, 0.717) is 12.0 Å². The van der Waals surface area contributed by atoms with E-state index in [4.69, 9.17) is 11.6 Å². The van der Waals surface area contributed by atoms with Crippen molar-refractivity contribution in [2.24, 2.45) is 5.92 Å². The Bertz CT molecular complexity index is 548. The molecule has 0 aliphatic rings. The van der Waals surface area contributed by atoms with Crippen molar-refractivity contribution in [3.8, 4) is 0 Å². The summed E-state index contributed by atoms with van der Waals surface area (Å²) in [6.07, 6.45) is 1.15. The molecule has 2 aromatic carbocycles. The van der Waals surface area contributed by atoms with Crippen LogP contribution >= 0.6 is 11.6 Å². The Labute approximate surface area is 121 Å². The molecule has 2 rings (SSSR count). The summed E-state index contributed by atoms with van der Waals surface area (Å²) >= 11 is 6.30. The van der Waals surface area contributed by atoms with Gasteiger partial charge in [-0.15, -0.1) is 0 Å². The molecular weight excluding hydrogens is 254 g/mol. The summed E-state index contributed by atoms with van der Waals surface area (Å²) in [4.78, 5) is 0. The van der Waals surface area contributed by atoms with Gasteiger partial charge in [0.1, 0.15) is 0 Å². The Morgan fingerprint density at radius 2 is 1.74 bits per heavy atom. The molecule has 1 unspecified atom stereocenters. The van der Waals surface area contributed by atoms with Crippen molar-refractivity contribution in [2.75, 3.05) is 6.54 Å². The average molecular weight is 276 g/mol. The molecule has 0 fully saturated rings. The predicted octanol–water partition coefficient (Wildman–Crippen LogP) is 5.19. The fraction of sp³-hybridized carbons (Fsp3) is 0.412. The van der Waals surface area contributed by atoms with Gasteiger partial charge in [-0.1, -0.05) is 62.7 Å². The predicted molar refractivity (Wildman–Crippen MR) is 84.8 cm³/mol. The minimum atomic E-state index is 0.377. The topological polar surface area (TPSA) is 12.0 Å². The molecule has 1 N–H and O–H groups in total. The highest BCUT2D eigenvalue weighted by Gasteiger charge is 2.17. The Hall–Kier alpha value is -1.05. The number of benzene rings is 2. The summed E-state index contributed by atoms with van der Waals surface area (Å²) in [6.45, 7) is 7.76. The largest absolute Gasteiger partial charge is 0.310 e. The molecule has 0 saturated heterocycles. The monoisotopic (exact) mass is 275 g/mol. The quantitative estimate of drug-likeness (QED) is 0.792. The third-order valence-corrected chi connectivity index (χ3v) is 3.85. The zero-order valence-corrected chi connectivity index (χ0v) is 12.7. The third-order valence-electron chi connectivity index (χ3n) is 3.52. The van der Waals surface area contributed by atoms with Crippen LogP contribution in [-0.2, 0) is 0 Å². The van der Waals surface area contributed by atoms with Crippen LogP contribution in [0.1, 0.15) is 38.8 Å². The molecule has 0 aliphatic carbocycles. The van der Waals surface area contributed by atoms with Gasteiger partial charge in [0.05, 0.1) is 0 Å². The Morgan fingerprint density at radius 3 is 2.37 bits per heavy atom. The minimum Gasteiger partial charge on any atom is -0.310 e. The molecule has 2 heteroatoms. The van der Waals surface area contributed by atoms with E-state index in [1.54, 1.807) is 0 Å². The van der Waals surface area contributed by atoms with Gasteiger partial charge in [0.15, 0.2) is 0 Å². The van der Waals surface area contributed by atoms with Crippen molar-refractivity contribution in [1.29, 1.82) is 0 Å². The van der Waals surface area contributed by atoms with Gasteiger partial charge in [-0.2, -0.15) is 0 Å². The molecule has 102 valence electrons. The number of hydrogen-bond donors (Lipinski definition) is 1. The maximum absolute atomic E-state index is 6.30. The lowest BCUT2D eigenvalue weighted by Crippen LogP contribution is -2.26. The summed E-state index contributed by atoms with van der Waals surface area (Å²) in [5.41, 5.74) is 1.35. The lowest BCUT2D eigenvalue weighted by atomic mass is 9.91. The number of nitrogens with one attached hydrogen (secondary N) is 1. The summed E-state index contributed by atoms with van der Waals surface area (Å²) in [6, 6.07) is 12.9. The van der Waals surface area contributed by atoms with Crippen LogP contribution in [0.2, 0.25) is 5.02 Å². The molecule has 0 aromatic heterocycles. The highest BCUT2D eigenvalue weighted by Crippen LogP contribution is 2.32. The summed E-state index contributed by atoms with van der Waals surface area (Å²) in [7, 11) is 0. The Balaban J connectivity index is 2.50. The molecule has 0 radical (unpaired) electrons. The summed E-state index contributed by atoms with van der Waals surface area (Å²) in [5.74, 6) is 0.552. The van der Waals surface area contributed by atoms with E-state index < -0.39 is 0 Å². The maximum Gasteiger partial charge on any atom is 0.0484 e. The van der Waals surface area contributed by atoms with E-state index in [0.717, 1.165) is 23.4 Å². The molecule has 2 aromatic rings. The number of hydrogen-bond acceptors (Lipinski definition) is 1. The Kier molecular flexibility index (Phi) is 4.84. The van der Waals surface area contributed by atoms with Gasteiger partial charge in [0.25, 0.3) is 0 Å². The van der Waals surface area contributed by atoms with Crippen LogP contribution in [-0.4, -0.2) is 6.54 Å². The van der Waals surface area contributed by atoms with Crippen LogP contribution in [0.4, 0.5) is 0 Å². The van der Waals surface area contributed by atoms with Crippen LogP contribution in [0.15, 0.2) is 36.4 Å². The first kappa shape index (κ1) is 14.4. The van der Waals surface area contributed by atoms with Crippen molar-refractivity contribution >= 4 is 22.4 Å². The molecule has 0 saturated carbocycles. The van der Waals surface area contributed by atoms with E-state index in [9.17, 15) is 0 Å². The zero-order chi connectivity index (χ0) is 13.8. The highest BCUT2D eigenvalue weighted by molar-refractivity contribution is 6.35. The van der Waals surface area contributed by atoms with Crippen molar-refractivity contribution in [3.63, 3.8) is 0 Å². The van der Waals surface area contributed by atoms with Crippen molar-refractivity contribution in [2.45, 2.75) is 33.2 Å². The first-order chi connectivity index (χ1) is 9.15. The normalized spacial score (nSPS) is 13.1. The van der Waals surface area contributed by atoms with Crippen LogP contribution in [0.5, 0.6) is 0 Å². The molecule has 0 bridgehead atoms. The molecule has 0 heterocycles. The van der Waals surface area contributed by atoms with Crippen molar-refractivity contribution < 1.29 is 0 Å². The van der Waals surface area contributed by atoms with Gasteiger partial charge >= 0.3 is 0 Å². The summed E-state index contributed by atoms with van der Waals surface area (Å²) in [5, 5.41) is 6.89. The maximum atomic E-state index is 6.30. The van der Waals surface area contributed by atoms with E-state index >= 15 is 0 Å². The lowest BCUT2D eigenvalue weighted by molar-refractivity contribution is 0.415. The minimum absolute atomic E-state index is 0.377. The van der Waals surface area contributed by atoms with Gasteiger partial charge in [0, 0.05) is 16.5 Å². The fourth-order valence-electron chi connectivity index (χ4n) is 2.56. The second kappa shape index (κ2) is 6.40. The van der Waals surface area contributed by atoms with Gasteiger partial charge in [-0.05, 0) is 35.9 Å². The van der Waals surface area contributed by atoms with E-state index in [2.05, 4.69) is 50.4 Å². The van der Waals surface area contributed by atoms with Crippen molar-refractivity contribution in [1.82, 2.24) is 5.32 Å². The van der Waals surface area contributed by atoms with Crippen LogP contribution in [0.25, 0.3) is 10.8 Å². The van der Waals surface area contributed by atoms with Crippen LogP contribution in [0, 0.1) is 5.92 Å². The van der Waals surface area contributed by atoms with Crippen molar-refractivity contribution in [3.05, 3.63) is 47.0 Å². The summed E-state index contributed by atoms with van der Waals surface area (Å²) < 4.78 is 0. The average Bonchev–Trinajstić information content (AvgIpc) is 2.41. The smallest absolute Gasteiger partial charge is 0.0484 e. The molecule has 19 heavy (non-hydrogen) atoms. The van der Waals surface area contributed by atoms with E-state index in [1.807, 2.05) is 12.1 Å². The number of halogens is 1. The lowest BCUT2D eigenvalue weighted by Gasteiger charge is -2.24. The fourth-order valence-corrected chi connectivity index (χ4v) is 2.79. The van der Waals surface area contributed by atoms with E-state index in [1.165, 1.54) is 10.9 Å². The van der Waals surface area contributed by atoms with Crippen LogP contribution < -0.4 is 5.32 Å². The van der Waals surface area contributed by atoms with E-state index in [-0.39, 0.29) is 0 Å². The zero-order valence-electron chi connectivity index (χ0n) is 11.9. The van der Waals surface area contributed by atoms with Crippen LogP contribution in [0.3, 0.4) is 0 Å². The first-order valence-corrected chi connectivity index (χ1v) is 7.43. The number of rotatable bonds is 5. The van der Waals surface area contributed by atoms with Gasteiger partial charge in [-0.3, -0.25) is 0 Å². The third kappa shape index (κ3) is 3.10. The highest BCUT2D eigenvalue weighted by atomic mass is 35.5. The molecular formula is C17H22ClN. The molecule has 1 atom stereocenters. The second-order valence-electron chi connectivity index (χ2n) is 5.36. The van der Waals surface area contributed by atoms with Gasteiger partial charge in [0.2, 0.25) is 0 Å². The molecule has 0 amide bonds. The first-order valence-electron chi connectivity index (χ1n) is 7.05. The molecule has 1 nitrogen and oxygen atoms in total. The SMILES string of the molecule is CCCNC(c1ccc(Cl)c2ccccc12)C(C)C. The molecule has 0 spiro atoms. The standard InChI is InChI=1S/C17H22ClN/c1-4-11-19-17(12(2)3)15-9-10-16(18)14-8-6-5-7-13(14)15/h5-10,12,17,19H,4,11H2,1-3H3. The Morgan fingerprint density at radius 1 is 1.05 bits per heavy atom. The molecule has 0 aliphatic heterocycles.